The normalized spacial score (nSPS) is 11.8. The van der Waals surface area contributed by atoms with E-state index < -0.39 is 12.1 Å². The number of hydrogen-bond donors (Lipinski definition) is 1. The zero-order chi connectivity index (χ0) is 18.5. The molecule has 0 aromatic heterocycles. The number of ether oxygens (including phenoxy) is 1. The van der Waals surface area contributed by atoms with Gasteiger partial charge in [0.05, 0.1) is 6.42 Å². The molecule has 1 N–H and O–H groups in total. The number of carbonyl (C=O) groups is 2. The fraction of sp³-hybridized carbons (Fsp3) is 0.143. The van der Waals surface area contributed by atoms with Crippen LogP contribution in [0.4, 0.5) is 5.69 Å². The summed E-state index contributed by atoms with van der Waals surface area (Å²) in [6.07, 6.45) is -0.885. The fourth-order valence-corrected chi connectivity index (χ4v) is 2.80. The first-order chi connectivity index (χ1) is 12.5. The third-order valence-corrected chi connectivity index (χ3v) is 4.36. The SMILES string of the molecule is C[C@@H](OC(=O)Cc1ccccc1Cl)C(=O)Nc1ccc2ccccc2c1. The van der Waals surface area contributed by atoms with E-state index in [0.717, 1.165) is 10.8 Å². The lowest BCUT2D eigenvalue weighted by Gasteiger charge is -2.14. The van der Waals surface area contributed by atoms with Crippen molar-refractivity contribution in [1.29, 1.82) is 0 Å². The van der Waals surface area contributed by atoms with Crippen molar-refractivity contribution in [1.82, 2.24) is 0 Å². The van der Waals surface area contributed by atoms with E-state index in [-0.39, 0.29) is 12.3 Å². The molecule has 3 aromatic carbocycles. The molecule has 26 heavy (non-hydrogen) atoms. The number of hydrogen-bond acceptors (Lipinski definition) is 3. The van der Waals surface area contributed by atoms with E-state index in [2.05, 4.69) is 5.32 Å². The van der Waals surface area contributed by atoms with Crippen LogP contribution < -0.4 is 5.32 Å². The maximum Gasteiger partial charge on any atom is 0.311 e. The summed E-state index contributed by atoms with van der Waals surface area (Å²) in [7, 11) is 0. The number of amides is 1. The molecule has 0 unspecified atom stereocenters. The summed E-state index contributed by atoms with van der Waals surface area (Å²) in [5.74, 6) is -0.882. The fourth-order valence-electron chi connectivity index (χ4n) is 2.60. The molecule has 0 aliphatic carbocycles. The van der Waals surface area contributed by atoms with Crippen molar-refractivity contribution in [2.45, 2.75) is 19.4 Å². The Bertz CT molecular complexity index is 955. The van der Waals surface area contributed by atoms with Gasteiger partial charge in [-0.25, -0.2) is 0 Å². The van der Waals surface area contributed by atoms with E-state index in [1.165, 1.54) is 0 Å². The van der Waals surface area contributed by atoms with Crippen LogP contribution >= 0.6 is 11.6 Å². The lowest BCUT2D eigenvalue weighted by molar-refractivity contribution is -0.152. The summed E-state index contributed by atoms with van der Waals surface area (Å²) in [5, 5.41) is 5.38. The number of anilines is 1. The molecule has 0 radical (unpaired) electrons. The summed E-state index contributed by atoms with van der Waals surface area (Å²) < 4.78 is 5.22. The third-order valence-electron chi connectivity index (χ3n) is 3.99. The molecular weight excluding hydrogens is 350 g/mol. The molecule has 3 rings (SSSR count). The Hall–Kier alpha value is -2.85. The van der Waals surface area contributed by atoms with Crippen LogP contribution in [-0.2, 0) is 20.7 Å². The zero-order valence-electron chi connectivity index (χ0n) is 14.2. The Morgan fingerprint density at radius 3 is 2.46 bits per heavy atom. The van der Waals surface area contributed by atoms with E-state index in [1.54, 1.807) is 31.2 Å². The van der Waals surface area contributed by atoms with Crippen molar-refractivity contribution in [2.24, 2.45) is 0 Å². The number of carbonyl (C=O) groups excluding carboxylic acids is 2. The van der Waals surface area contributed by atoms with E-state index in [9.17, 15) is 9.59 Å². The molecule has 0 fully saturated rings. The van der Waals surface area contributed by atoms with Crippen LogP contribution in [0.2, 0.25) is 5.02 Å². The molecule has 0 heterocycles. The topological polar surface area (TPSA) is 55.4 Å². The second kappa shape index (κ2) is 8.02. The summed E-state index contributed by atoms with van der Waals surface area (Å²) >= 11 is 6.04. The molecule has 132 valence electrons. The summed E-state index contributed by atoms with van der Waals surface area (Å²) in [6, 6.07) is 20.5. The van der Waals surface area contributed by atoms with Crippen molar-refractivity contribution < 1.29 is 14.3 Å². The minimum absolute atomic E-state index is 0.0211. The van der Waals surface area contributed by atoms with Crippen LogP contribution in [-0.4, -0.2) is 18.0 Å². The second-order valence-electron chi connectivity index (χ2n) is 5.95. The Balaban J connectivity index is 1.60. The monoisotopic (exact) mass is 367 g/mol. The second-order valence-corrected chi connectivity index (χ2v) is 6.36. The Morgan fingerprint density at radius 1 is 1.00 bits per heavy atom. The average Bonchev–Trinajstić information content (AvgIpc) is 2.63. The molecule has 3 aromatic rings. The molecule has 0 spiro atoms. The van der Waals surface area contributed by atoms with Gasteiger partial charge >= 0.3 is 5.97 Å². The minimum atomic E-state index is -0.906. The predicted octanol–water partition coefficient (Wildman–Crippen LogP) is 4.61. The maximum atomic E-state index is 12.3. The molecule has 0 aliphatic heterocycles. The van der Waals surface area contributed by atoms with Crippen LogP contribution in [0, 0.1) is 0 Å². The van der Waals surface area contributed by atoms with E-state index in [1.807, 2.05) is 42.5 Å². The van der Waals surface area contributed by atoms with Gasteiger partial charge in [-0.2, -0.15) is 0 Å². The zero-order valence-corrected chi connectivity index (χ0v) is 15.0. The highest BCUT2D eigenvalue weighted by Gasteiger charge is 2.19. The van der Waals surface area contributed by atoms with Gasteiger partial charge in [0, 0.05) is 10.7 Å². The van der Waals surface area contributed by atoms with Gasteiger partial charge in [-0.05, 0) is 41.5 Å². The Labute approximate surface area is 156 Å². The van der Waals surface area contributed by atoms with Crippen molar-refractivity contribution >= 4 is 39.9 Å². The van der Waals surface area contributed by atoms with Gasteiger partial charge in [-0.15, -0.1) is 0 Å². The van der Waals surface area contributed by atoms with Gasteiger partial charge in [0.1, 0.15) is 0 Å². The largest absolute Gasteiger partial charge is 0.452 e. The molecular formula is C21H18ClNO3. The number of nitrogens with one attached hydrogen (secondary N) is 1. The molecule has 0 saturated heterocycles. The van der Waals surface area contributed by atoms with Gasteiger partial charge in [0.25, 0.3) is 5.91 Å². The van der Waals surface area contributed by atoms with Gasteiger partial charge in [0.15, 0.2) is 6.10 Å². The van der Waals surface area contributed by atoms with E-state index in [4.69, 9.17) is 16.3 Å². The first-order valence-corrected chi connectivity index (χ1v) is 8.63. The van der Waals surface area contributed by atoms with Crippen LogP contribution in [0.1, 0.15) is 12.5 Å². The van der Waals surface area contributed by atoms with Crippen molar-refractivity contribution in [2.75, 3.05) is 5.32 Å². The highest BCUT2D eigenvalue weighted by molar-refractivity contribution is 6.31. The maximum absolute atomic E-state index is 12.3. The molecule has 0 bridgehead atoms. The smallest absolute Gasteiger partial charge is 0.311 e. The predicted molar refractivity (Wildman–Crippen MR) is 103 cm³/mol. The standard InChI is InChI=1S/C21H18ClNO3/c1-14(26-20(24)13-17-8-4-5-9-19(17)22)21(25)23-18-11-10-15-6-2-3-7-16(15)12-18/h2-12,14H,13H2,1H3,(H,23,25)/t14-/m1/s1. The highest BCUT2D eigenvalue weighted by Crippen LogP contribution is 2.19. The van der Waals surface area contributed by atoms with E-state index in [0.29, 0.717) is 16.3 Å². The van der Waals surface area contributed by atoms with Gasteiger partial charge in [-0.3, -0.25) is 9.59 Å². The number of benzene rings is 3. The molecule has 1 atom stereocenters. The summed E-state index contributed by atoms with van der Waals surface area (Å²) in [5.41, 5.74) is 1.32. The van der Waals surface area contributed by atoms with Crippen LogP contribution in [0.5, 0.6) is 0 Å². The van der Waals surface area contributed by atoms with Gasteiger partial charge < -0.3 is 10.1 Å². The molecule has 0 aliphatic rings. The van der Waals surface area contributed by atoms with Crippen LogP contribution in [0.3, 0.4) is 0 Å². The average molecular weight is 368 g/mol. The molecule has 5 heteroatoms. The van der Waals surface area contributed by atoms with Gasteiger partial charge in [0.2, 0.25) is 0 Å². The Kier molecular flexibility index (Phi) is 5.54. The van der Waals surface area contributed by atoms with Gasteiger partial charge in [-0.1, -0.05) is 60.1 Å². The Morgan fingerprint density at radius 2 is 1.69 bits per heavy atom. The lowest BCUT2D eigenvalue weighted by atomic mass is 10.1. The lowest BCUT2D eigenvalue weighted by Crippen LogP contribution is -2.30. The van der Waals surface area contributed by atoms with E-state index >= 15 is 0 Å². The van der Waals surface area contributed by atoms with Crippen molar-refractivity contribution in [3.63, 3.8) is 0 Å². The summed E-state index contributed by atoms with van der Waals surface area (Å²) in [4.78, 5) is 24.3. The first-order valence-electron chi connectivity index (χ1n) is 8.25. The quantitative estimate of drug-likeness (QED) is 0.670. The summed E-state index contributed by atoms with van der Waals surface area (Å²) in [6.45, 7) is 1.54. The van der Waals surface area contributed by atoms with Crippen molar-refractivity contribution in [3.8, 4) is 0 Å². The molecule has 1 amide bonds. The number of rotatable bonds is 5. The molecule has 0 saturated carbocycles. The van der Waals surface area contributed by atoms with Crippen LogP contribution in [0.25, 0.3) is 10.8 Å². The first kappa shape index (κ1) is 18.0. The number of esters is 1. The van der Waals surface area contributed by atoms with Crippen LogP contribution in [0.15, 0.2) is 66.7 Å². The third kappa shape index (κ3) is 4.41. The minimum Gasteiger partial charge on any atom is -0.452 e. The highest BCUT2D eigenvalue weighted by atomic mass is 35.5. The number of fused-ring (bicyclic) bond motifs is 1. The number of halogens is 1. The molecule has 4 nitrogen and oxygen atoms in total. The van der Waals surface area contributed by atoms with Crippen molar-refractivity contribution in [3.05, 3.63) is 77.3 Å².